The van der Waals surface area contributed by atoms with Gasteiger partial charge in [0, 0.05) is 26.2 Å². The third kappa shape index (κ3) is 1.54. The van der Waals surface area contributed by atoms with Crippen LogP contribution in [0.3, 0.4) is 0 Å². The Bertz CT molecular complexity index is 264. The second-order valence-electron chi connectivity index (χ2n) is 3.76. The molecule has 2 atom stereocenters. The highest BCUT2D eigenvalue weighted by molar-refractivity contribution is 5.93. The summed E-state index contributed by atoms with van der Waals surface area (Å²) in [5.74, 6) is 6.58. The number of carbonyl (C=O) groups is 1. The lowest BCUT2D eigenvalue weighted by Gasteiger charge is -2.13. The Morgan fingerprint density at radius 1 is 1.38 bits per heavy atom. The minimum Gasteiger partial charge on any atom is -0.331 e. The Morgan fingerprint density at radius 2 is 2.00 bits per heavy atom. The van der Waals surface area contributed by atoms with Crippen LogP contribution in [0.25, 0.3) is 0 Å². The van der Waals surface area contributed by atoms with Gasteiger partial charge in [-0.05, 0) is 24.7 Å². The molecule has 0 spiro atoms. The van der Waals surface area contributed by atoms with E-state index in [4.69, 9.17) is 0 Å². The Balaban J connectivity index is 1.97. The number of amides is 1. The first kappa shape index (κ1) is 8.58. The molecule has 0 aromatic heterocycles. The van der Waals surface area contributed by atoms with Gasteiger partial charge < -0.3 is 10.2 Å². The molecule has 0 aromatic carbocycles. The fourth-order valence-corrected chi connectivity index (χ4v) is 2.21. The lowest BCUT2D eigenvalue weighted by atomic mass is 10.0. The van der Waals surface area contributed by atoms with Crippen LogP contribution in [0.2, 0.25) is 0 Å². The summed E-state index contributed by atoms with van der Waals surface area (Å²) in [5, 5.41) is 3.34. The molecule has 0 aliphatic carbocycles. The van der Waals surface area contributed by atoms with Crippen LogP contribution in [0.1, 0.15) is 6.92 Å². The molecule has 1 N–H and O–H groups in total. The van der Waals surface area contributed by atoms with Gasteiger partial charge in [0.2, 0.25) is 0 Å². The molecule has 70 valence electrons. The molecule has 0 aromatic rings. The predicted molar refractivity (Wildman–Crippen MR) is 49.9 cm³/mol. The van der Waals surface area contributed by atoms with Crippen LogP contribution in [-0.4, -0.2) is 37.0 Å². The number of likely N-dealkylation sites (tertiary alicyclic amines) is 1. The van der Waals surface area contributed by atoms with Crippen molar-refractivity contribution in [2.75, 3.05) is 26.2 Å². The maximum atomic E-state index is 11.4. The van der Waals surface area contributed by atoms with E-state index in [0.717, 1.165) is 26.2 Å². The van der Waals surface area contributed by atoms with Gasteiger partial charge in [-0.3, -0.25) is 4.79 Å². The third-order valence-corrected chi connectivity index (χ3v) is 2.91. The van der Waals surface area contributed by atoms with Crippen molar-refractivity contribution in [3.63, 3.8) is 0 Å². The number of nitrogens with one attached hydrogen (secondary N) is 1. The molecule has 0 unspecified atom stereocenters. The molecule has 2 fully saturated rings. The fraction of sp³-hybridized carbons (Fsp3) is 0.700. The monoisotopic (exact) mass is 178 g/mol. The van der Waals surface area contributed by atoms with Crippen LogP contribution in [0, 0.1) is 23.7 Å². The average Bonchev–Trinajstić information content (AvgIpc) is 2.61. The van der Waals surface area contributed by atoms with Crippen molar-refractivity contribution in [1.29, 1.82) is 0 Å². The highest BCUT2D eigenvalue weighted by atomic mass is 16.2. The van der Waals surface area contributed by atoms with Gasteiger partial charge in [-0.1, -0.05) is 5.92 Å². The van der Waals surface area contributed by atoms with E-state index in [0.29, 0.717) is 11.8 Å². The highest BCUT2D eigenvalue weighted by Gasteiger charge is 2.37. The molecule has 1 amide bonds. The Hall–Kier alpha value is -1.01. The first-order chi connectivity index (χ1) is 6.31. The van der Waals surface area contributed by atoms with Crippen molar-refractivity contribution in [1.82, 2.24) is 10.2 Å². The van der Waals surface area contributed by atoms with Crippen molar-refractivity contribution < 1.29 is 4.79 Å². The molecule has 2 aliphatic heterocycles. The minimum absolute atomic E-state index is 0.00287. The molecule has 2 heterocycles. The summed E-state index contributed by atoms with van der Waals surface area (Å²) < 4.78 is 0. The van der Waals surface area contributed by atoms with Crippen LogP contribution >= 0.6 is 0 Å². The quantitative estimate of drug-likeness (QED) is 0.516. The van der Waals surface area contributed by atoms with Crippen molar-refractivity contribution in [3.05, 3.63) is 0 Å². The maximum Gasteiger partial charge on any atom is 0.298 e. The molecule has 0 saturated carbocycles. The van der Waals surface area contributed by atoms with Gasteiger partial charge in [0.25, 0.3) is 5.91 Å². The fourth-order valence-electron chi connectivity index (χ4n) is 2.21. The number of rotatable bonds is 0. The maximum absolute atomic E-state index is 11.4. The van der Waals surface area contributed by atoms with Crippen molar-refractivity contribution >= 4 is 5.91 Å². The van der Waals surface area contributed by atoms with E-state index >= 15 is 0 Å². The number of carbonyl (C=O) groups excluding carboxylic acids is 1. The molecule has 2 rings (SSSR count). The van der Waals surface area contributed by atoms with Gasteiger partial charge in [-0.25, -0.2) is 0 Å². The third-order valence-electron chi connectivity index (χ3n) is 2.91. The summed E-state index contributed by atoms with van der Waals surface area (Å²) in [5.41, 5.74) is 0. The summed E-state index contributed by atoms with van der Waals surface area (Å²) in [4.78, 5) is 13.3. The molecule has 13 heavy (non-hydrogen) atoms. The van der Waals surface area contributed by atoms with Crippen LogP contribution in [-0.2, 0) is 4.79 Å². The molecule has 3 nitrogen and oxygen atoms in total. The zero-order valence-corrected chi connectivity index (χ0v) is 7.84. The van der Waals surface area contributed by atoms with Gasteiger partial charge >= 0.3 is 0 Å². The van der Waals surface area contributed by atoms with Crippen LogP contribution in [0.5, 0.6) is 0 Å². The van der Waals surface area contributed by atoms with E-state index in [1.54, 1.807) is 6.92 Å². The van der Waals surface area contributed by atoms with Gasteiger partial charge in [-0.2, -0.15) is 0 Å². The normalized spacial score (nSPS) is 31.0. The van der Waals surface area contributed by atoms with E-state index in [9.17, 15) is 4.79 Å². The molecule has 3 heteroatoms. The Labute approximate surface area is 78.5 Å². The van der Waals surface area contributed by atoms with Crippen LogP contribution < -0.4 is 5.32 Å². The zero-order chi connectivity index (χ0) is 9.26. The smallest absolute Gasteiger partial charge is 0.298 e. The number of hydrogen-bond donors (Lipinski definition) is 1. The first-order valence-corrected chi connectivity index (χ1v) is 4.73. The second-order valence-corrected chi connectivity index (χ2v) is 3.76. The molecule has 0 radical (unpaired) electrons. The zero-order valence-electron chi connectivity index (χ0n) is 7.84. The molecule has 2 aliphatic rings. The highest BCUT2D eigenvalue weighted by Crippen LogP contribution is 2.25. The van der Waals surface area contributed by atoms with Gasteiger partial charge in [-0.15, -0.1) is 0 Å². The average molecular weight is 178 g/mol. The summed E-state index contributed by atoms with van der Waals surface area (Å²) in [6.07, 6.45) is 0. The summed E-state index contributed by atoms with van der Waals surface area (Å²) in [7, 11) is 0. The standard InChI is InChI=1S/C10H14N2O/c1-2-3-10(13)12-6-8-4-11-5-9(8)7-12/h8-9,11H,4-7H2,1H3/t8-,9+. The SMILES string of the molecule is CC#CC(=O)N1C[C@H]2CNC[C@H]2C1. The number of fused-ring (bicyclic) bond motifs is 1. The number of nitrogens with zero attached hydrogens (tertiary/aromatic N) is 1. The van der Waals surface area contributed by atoms with E-state index < -0.39 is 0 Å². The van der Waals surface area contributed by atoms with Crippen LogP contribution in [0.15, 0.2) is 0 Å². The molecular weight excluding hydrogens is 164 g/mol. The summed E-state index contributed by atoms with van der Waals surface area (Å²) in [6, 6.07) is 0. The largest absolute Gasteiger partial charge is 0.331 e. The molecule has 2 saturated heterocycles. The molecule has 0 bridgehead atoms. The lowest BCUT2D eigenvalue weighted by molar-refractivity contribution is -0.124. The predicted octanol–water partition coefficient (Wildman–Crippen LogP) is -0.312. The second kappa shape index (κ2) is 3.39. The number of hydrogen-bond acceptors (Lipinski definition) is 2. The van der Waals surface area contributed by atoms with Crippen molar-refractivity contribution in [3.8, 4) is 11.8 Å². The van der Waals surface area contributed by atoms with Gasteiger partial charge in [0.1, 0.15) is 0 Å². The van der Waals surface area contributed by atoms with Crippen molar-refractivity contribution in [2.24, 2.45) is 11.8 Å². The Morgan fingerprint density at radius 3 is 2.54 bits per heavy atom. The van der Waals surface area contributed by atoms with Gasteiger partial charge in [0.15, 0.2) is 0 Å². The van der Waals surface area contributed by atoms with E-state index in [1.807, 2.05) is 4.90 Å². The first-order valence-electron chi connectivity index (χ1n) is 4.73. The molecular formula is C10H14N2O. The van der Waals surface area contributed by atoms with E-state index in [-0.39, 0.29) is 5.91 Å². The Kier molecular flexibility index (Phi) is 2.24. The summed E-state index contributed by atoms with van der Waals surface area (Å²) >= 11 is 0. The van der Waals surface area contributed by atoms with Gasteiger partial charge in [0.05, 0.1) is 0 Å². The summed E-state index contributed by atoms with van der Waals surface area (Å²) in [6.45, 7) is 5.62. The van der Waals surface area contributed by atoms with E-state index in [2.05, 4.69) is 17.2 Å². The topological polar surface area (TPSA) is 32.3 Å². The van der Waals surface area contributed by atoms with E-state index in [1.165, 1.54) is 0 Å². The van der Waals surface area contributed by atoms with Crippen LogP contribution in [0.4, 0.5) is 0 Å². The van der Waals surface area contributed by atoms with Crippen molar-refractivity contribution in [2.45, 2.75) is 6.92 Å². The minimum atomic E-state index is -0.00287. The lowest BCUT2D eigenvalue weighted by Crippen LogP contribution is -2.30.